The van der Waals surface area contributed by atoms with Crippen molar-refractivity contribution >= 4 is 49.6 Å². The van der Waals surface area contributed by atoms with E-state index in [0.29, 0.717) is 5.00 Å². The number of ether oxygens (including phenoxy) is 1. The molecule has 0 radical (unpaired) electrons. The van der Waals surface area contributed by atoms with Crippen LogP contribution in [0.5, 0.6) is 0 Å². The molecule has 0 aliphatic rings. The zero-order chi connectivity index (χ0) is 15.3. The topological polar surface area (TPSA) is 78.9 Å². The molecule has 1 aromatic heterocycles. The second-order valence-corrected chi connectivity index (χ2v) is 8.18. The number of halogens is 1. The van der Waals surface area contributed by atoms with Gasteiger partial charge in [0.25, 0.3) is 11.3 Å². The summed E-state index contributed by atoms with van der Waals surface area (Å²) in [5.41, 5.74) is -0.567. The lowest BCUT2D eigenvalue weighted by Gasteiger charge is -2.21. The summed E-state index contributed by atoms with van der Waals surface area (Å²) < 4.78 is 27.8. The van der Waals surface area contributed by atoms with Crippen molar-refractivity contribution in [2.45, 2.75) is 26.4 Å². The Morgan fingerprint density at radius 3 is 2.65 bits per heavy atom. The van der Waals surface area contributed by atoms with Gasteiger partial charge in [0.15, 0.2) is 0 Å². The van der Waals surface area contributed by atoms with E-state index in [1.165, 1.54) is 15.6 Å². The van der Waals surface area contributed by atoms with Gasteiger partial charge >= 0.3 is 6.09 Å². The van der Waals surface area contributed by atoms with Crippen LogP contribution in [0.1, 0.15) is 20.8 Å². The van der Waals surface area contributed by atoms with Crippen LogP contribution in [0.2, 0.25) is 0 Å². The number of amides is 1. The quantitative estimate of drug-likeness (QED) is 0.764. The molecule has 0 saturated heterocycles. The molecule has 1 atom stereocenters. The number of carbonyl (C=O) groups is 1. The number of hydrogen-bond donors (Lipinski definition) is 2. The van der Waals surface area contributed by atoms with E-state index in [0.717, 1.165) is 3.79 Å². The third-order valence-corrected chi connectivity index (χ3v) is 4.50. The minimum absolute atomic E-state index is 0.204. The third-order valence-electron chi connectivity index (χ3n) is 1.98. The summed E-state index contributed by atoms with van der Waals surface area (Å²) in [5.74, 6) is 0. The lowest BCUT2D eigenvalue weighted by atomic mass is 10.2. The van der Waals surface area contributed by atoms with E-state index in [2.05, 4.69) is 21.2 Å². The van der Waals surface area contributed by atoms with Gasteiger partial charge in [-0.25, -0.2) is 9.00 Å². The molecule has 0 saturated carbocycles. The van der Waals surface area contributed by atoms with Crippen molar-refractivity contribution in [3.63, 3.8) is 0 Å². The lowest BCUT2D eigenvalue weighted by Crippen LogP contribution is -2.38. The molecule has 9 heteroatoms. The highest BCUT2D eigenvalue weighted by molar-refractivity contribution is 9.11. The summed E-state index contributed by atoms with van der Waals surface area (Å²) in [5, 5.41) is 3.19. The molecule has 114 valence electrons. The molecule has 6 nitrogen and oxygen atoms in total. The zero-order valence-corrected chi connectivity index (χ0v) is 14.6. The summed E-state index contributed by atoms with van der Waals surface area (Å²) in [4.78, 5) is 11.5. The standard InChI is InChI=1S/C11H17BrN2O4S2/c1-11(2,3)18-10(15)13-6-7-14(20(16)17)9-5-4-8(12)19-9/h4-5H,6-7H2,1-3H3,(H,13,15)(H,16,17). The van der Waals surface area contributed by atoms with Gasteiger partial charge in [-0.05, 0) is 48.8 Å². The van der Waals surface area contributed by atoms with E-state index in [9.17, 15) is 13.6 Å². The first-order valence-corrected chi connectivity index (χ1v) is 8.47. The van der Waals surface area contributed by atoms with Crippen LogP contribution in [0.4, 0.5) is 9.80 Å². The Labute approximate surface area is 133 Å². The van der Waals surface area contributed by atoms with E-state index in [4.69, 9.17) is 4.74 Å². The van der Waals surface area contributed by atoms with Crippen molar-refractivity contribution < 1.29 is 18.3 Å². The minimum atomic E-state index is -2.14. The van der Waals surface area contributed by atoms with Gasteiger partial charge in [0.05, 0.1) is 10.3 Å². The molecule has 0 bridgehead atoms. The average Bonchev–Trinajstić information content (AvgIpc) is 2.68. The number of rotatable bonds is 5. The highest BCUT2D eigenvalue weighted by Gasteiger charge is 2.17. The molecular formula is C11H17BrN2O4S2. The van der Waals surface area contributed by atoms with Crippen LogP contribution in [-0.4, -0.2) is 33.5 Å². The van der Waals surface area contributed by atoms with E-state index >= 15 is 0 Å². The third kappa shape index (κ3) is 6.21. The first kappa shape index (κ1) is 17.4. The van der Waals surface area contributed by atoms with Gasteiger partial charge in [-0.1, -0.05) is 0 Å². The van der Waals surface area contributed by atoms with Gasteiger partial charge in [-0.2, -0.15) is 0 Å². The number of anilines is 1. The maximum atomic E-state index is 11.5. The smallest absolute Gasteiger partial charge is 0.407 e. The number of carbonyl (C=O) groups excluding carboxylic acids is 1. The van der Waals surface area contributed by atoms with Gasteiger partial charge in [-0.15, -0.1) is 11.3 Å². The Morgan fingerprint density at radius 1 is 1.55 bits per heavy atom. The molecule has 0 fully saturated rings. The number of nitrogens with one attached hydrogen (secondary N) is 1. The van der Waals surface area contributed by atoms with Crippen molar-refractivity contribution in [2.24, 2.45) is 0 Å². The van der Waals surface area contributed by atoms with Crippen molar-refractivity contribution in [2.75, 3.05) is 17.4 Å². The van der Waals surface area contributed by atoms with Crippen LogP contribution in [0.25, 0.3) is 0 Å². The van der Waals surface area contributed by atoms with Gasteiger partial charge in [-0.3, -0.25) is 8.86 Å². The molecule has 0 spiro atoms. The second-order valence-electron chi connectivity index (χ2n) is 4.84. The van der Waals surface area contributed by atoms with Crippen LogP contribution in [0.15, 0.2) is 15.9 Å². The summed E-state index contributed by atoms with van der Waals surface area (Å²) >= 11 is 2.49. The van der Waals surface area contributed by atoms with E-state index in [1.807, 2.05) is 0 Å². The molecule has 0 aromatic carbocycles. The normalized spacial score (nSPS) is 12.8. The Kier molecular flexibility index (Phi) is 6.44. The fraction of sp³-hybridized carbons (Fsp3) is 0.545. The molecule has 1 amide bonds. The molecule has 1 rings (SSSR count). The number of hydrogen-bond acceptors (Lipinski definition) is 4. The SMILES string of the molecule is CC(C)(C)OC(=O)NCCN(c1ccc(Br)s1)S(=O)O. The van der Waals surface area contributed by atoms with E-state index < -0.39 is 23.0 Å². The zero-order valence-electron chi connectivity index (χ0n) is 11.4. The second kappa shape index (κ2) is 7.39. The summed E-state index contributed by atoms with van der Waals surface area (Å²) in [7, 11) is 0. The maximum absolute atomic E-state index is 11.5. The molecule has 1 unspecified atom stereocenters. The minimum Gasteiger partial charge on any atom is -0.444 e. The summed E-state index contributed by atoms with van der Waals surface area (Å²) in [6, 6.07) is 3.53. The molecule has 1 aromatic rings. The molecule has 2 N–H and O–H groups in total. The van der Waals surface area contributed by atoms with Crippen molar-refractivity contribution in [3.05, 3.63) is 15.9 Å². The van der Waals surface area contributed by atoms with Crippen LogP contribution < -0.4 is 9.62 Å². The Bertz CT molecular complexity index is 487. The maximum Gasteiger partial charge on any atom is 0.407 e. The molecular weight excluding hydrogens is 368 g/mol. The van der Waals surface area contributed by atoms with Crippen molar-refractivity contribution in [3.8, 4) is 0 Å². The van der Waals surface area contributed by atoms with Gasteiger partial charge in [0, 0.05) is 6.54 Å². The Balaban J connectivity index is 2.49. The van der Waals surface area contributed by atoms with Crippen molar-refractivity contribution in [1.82, 2.24) is 5.32 Å². The monoisotopic (exact) mass is 384 g/mol. The van der Waals surface area contributed by atoms with E-state index in [-0.39, 0.29) is 13.1 Å². The highest BCUT2D eigenvalue weighted by atomic mass is 79.9. The fourth-order valence-electron chi connectivity index (χ4n) is 1.28. The highest BCUT2D eigenvalue weighted by Crippen LogP contribution is 2.30. The molecule has 1 heterocycles. The van der Waals surface area contributed by atoms with Crippen LogP contribution in [-0.2, 0) is 16.0 Å². The Hall–Kier alpha value is -0.640. The summed E-state index contributed by atoms with van der Waals surface area (Å²) in [6.07, 6.45) is -0.548. The average molecular weight is 385 g/mol. The Morgan fingerprint density at radius 2 is 2.20 bits per heavy atom. The fourth-order valence-corrected chi connectivity index (χ4v) is 3.34. The number of nitrogens with zero attached hydrogens (tertiary/aromatic N) is 1. The molecule has 0 aliphatic heterocycles. The molecule has 0 aliphatic carbocycles. The number of thiophene rings is 1. The van der Waals surface area contributed by atoms with Gasteiger partial charge < -0.3 is 10.1 Å². The van der Waals surface area contributed by atoms with Crippen LogP contribution >= 0.6 is 27.3 Å². The first-order valence-electron chi connectivity index (χ1n) is 5.80. The molecule has 20 heavy (non-hydrogen) atoms. The van der Waals surface area contributed by atoms with Crippen LogP contribution in [0.3, 0.4) is 0 Å². The van der Waals surface area contributed by atoms with Gasteiger partial charge in [0.1, 0.15) is 10.6 Å². The van der Waals surface area contributed by atoms with Crippen molar-refractivity contribution in [1.29, 1.82) is 0 Å². The largest absolute Gasteiger partial charge is 0.444 e. The first-order chi connectivity index (χ1) is 9.19. The predicted octanol–water partition coefficient (Wildman–Crippen LogP) is 2.98. The van der Waals surface area contributed by atoms with Gasteiger partial charge in [0.2, 0.25) is 0 Å². The van der Waals surface area contributed by atoms with E-state index in [1.54, 1.807) is 32.9 Å². The summed E-state index contributed by atoms with van der Waals surface area (Å²) in [6.45, 7) is 5.71. The number of alkyl carbamates (subject to hydrolysis) is 1. The predicted molar refractivity (Wildman–Crippen MR) is 84.4 cm³/mol. The van der Waals surface area contributed by atoms with Crippen LogP contribution in [0, 0.1) is 0 Å². The lowest BCUT2D eigenvalue weighted by molar-refractivity contribution is 0.0529.